The van der Waals surface area contributed by atoms with E-state index >= 15 is 0 Å². The summed E-state index contributed by atoms with van der Waals surface area (Å²) >= 11 is 0. The molecule has 2 nitrogen and oxygen atoms in total. The quantitative estimate of drug-likeness (QED) is 0.809. The lowest BCUT2D eigenvalue weighted by Crippen LogP contribution is -2.39. The highest BCUT2D eigenvalue weighted by molar-refractivity contribution is 5.47. The van der Waals surface area contributed by atoms with Crippen molar-refractivity contribution in [3.63, 3.8) is 0 Å². The number of rotatable bonds is 3. The Bertz CT molecular complexity index is 329. The smallest absolute Gasteiger partial charge is 0.0740 e. The van der Waals surface area contributed by atoms with Gasteiger partial charge in [-0.15, -0.1) is 0 Å². The summed E-state index contributed by atoms with van der Waals surface area (Å²) in [4.78, 5) is 0. The minimum Gasteiger partial charge on any atom is -0.375 e. The number of hydrogen-bond donors (Lipinski definition) is 1. The van der Waals surface area contributed by atoms with E-state index in [1.54, 1.807) is 0 Å². The second-order valence-corrected chi connectivity index (χ2v) is 3.85. The Labute approximate surface area is 91.0 Å². The average molecular weight is 203 g/mol. The molecule has 2 rings (SSSR count). The van der Waals surface area contributed by atoms with Gasteiger partial charge in [0.25, 0.3) is 0 Å². The van der Waals surface area contributed by atoms with Crippen LogP contribution in [0, 0.1) is 0 Å². The van der Waals surface area contributed by atoms with Crippen molar-refractivity contribution in [2.24, 2.45) is 0 Å². The summed E-state index contributed by atoms with van der Waals surface area (Å²) in [7, 11) is 0. The van der Waals surface area contributed by atoms with E-state index in [9.17, 15) is 0 Å². The fourth-order valence-corrected chi connectivity index (χ4v) is 1.86. The van der Waals surface area contributed by atoms with E-state index in [1.807, 2.05) is 6.08 Å². The first-order chi connectivity index (χ1) is 7.38. The fraction of sp³-hybridized carbons (Fsp3) is 0.385. The van der Waals surface area contributed by atoms with Gasteiger partial charge in [-0.1, -0.05) is 36.9 Å². The summed E-state index contributed by atoms with van der Waals surface area (Å²) in [6.45, 7) is 6.53. The third kappa shape index (κ3) is 2.91. The molecule has 0 amide bonds. The van der Waals surface area contributed by atoms with Gasteiger partial charge in [-0.25, -0.2) is 0 Å². The third-order valence-electron chi connectivity index (χ3n) is 2.65. The minimum atomic E-state index is 0.318. The number of nitrogens with one attached hydrogen (secondary N) is 1. The molecule has 1 fully saturated rings. The van der Waals surface area contributed by atoms with Gasteiger partial charge in [0.15, 0.2) is 0 Å². The van der Waals surface area contributed by atoms with Gasteiger partial charge in [-0.05, 0) is 17.5 Å². The molecule has 1 aromatic rings. The second-order valence-electron chi connectivity index (χ2n) is 3.85. The zero-order valence-corrected chi connectivity index (χ0v) is 8.91. The molecule has 1 aliphatic heterocycles. The minimum absolute atomic E-state index is 0.318. The van der Waals surface area contributed by atoms with Gasteiger partial charge in [-0.3, -0.25) is 0 Å². The van der Waals surface area contributed by atoms with Crippen LogP contribution in [-0.4, -0.2) is 25.8 Å². The lowest BCUT2D eigenvalue weighted by atomic mass is 10.0. The maximum Gasteiger partial charge on any atom is 0.0740 e. The monoisotopic (exact) mass is 203 g/mol. The standard InChI is InChI=1S/C13H17NO/c1-2-11-4-3-5-12(8-11)9-13-10-14-6-7-15-13/h2-5,8,13-14H,1,6-7,9-10H2/t13-/m1/s1. The molecule has 80 valence electrons. The lowest BCUT2D eigenvalue weighted by Gasteiger charge is -2.23. The summed E-state index contributed by atoms with van der Waals surface area (Å²) in [6.07, 6.45) is 3.18. The molecule has 0 aromatic heterocycles. The highest BCUT2D eigenvalue weighted by Gasteiger charge is 2.13. The van der Waals surface area contributed by atoms with E-state index < -0.39 is 0 Å². The summed E-state index contributed by atoms with van der Waals surface area (Å²) in [6, 6.07) is 8.45. The van der Waals surface area contributed by atoms with Crippen LogP contribution in [0.1, 0.15) is 11.1 Å². The SMILES string of the molecule is C=Cc1cccc(C[C@@H]2CNCCO2)c1. The molecule has 1 saturated heterocycles. The highest BCUT2D eigenvalue weighted by Crippen LogP contribution is 2.11. The molecule has 1 N–H and O–H groups in total. The number of morpholine rings is 1. The van der Waals surface area contributed by atoms with Crippen molar-refractivity contribution in [2.75, 3.05) is 19.7 Å². The molecule has 1 aliphatic rings. The van der Waals surface area contributed by atoms with E-state index in [4.69, 9.17) is 4.74 Å². The Kier molecular flexibility index (Phi) is 3.54. The summed E-state index contributed by atoms with van der Waals surface area (Å²) in [5.41, 5.74) is 2.50. The summed E-state index contributed by atoms with van der Waals surface area (Å²) in [5.74, 6) is 0. The van der Waals surface area contributed by atoms with Crippen molar-refractivity contribution in [3.8, 4) is 0 Å². The molecule has 2 heteroatoms. The highest BCUT2D eigenvalue weighted by atomic mass is 16.5. The molecule has 0 bridgehead atoms. The van der Waals surface area contributed by atoms with Crippen molar-refractivity contribution < 1.29 is 4.74 Å². The van der Waals surface area contributed by atoms with Crippen LogP contribution in [-0.2, 0) is 11.2 Å². The van der Waals surface area contributed by atoms with Gasteiger partial charge in [0.1, 0.15) is 0 Å². The lowest BCUT2D eigenvalue weighted by molar-refractivity contribution is 0.0292. The van der Waals surface area contributed by atoms with Gasteiger partial charge in [0.2, 0.25) is 0 Å². The van der Waals surface area contributed by atoms with E-state index in [1.165, 1.54) is 11.1 Å². The third-order valence-corrected chi connectivity index (χ3v) is 2.65. The molecule has 0 unspecified atom stereocenters. The number of hydrogen-bond acceptors (Lipinski definition) is 2. The van der Waals surface area contributed by atoms with Crippen molar-refractivity contribution in [1.82, 2.24) is 5.32 Å². The average Bonchev–Trinajstić information content (AvgIpc) is 2.31. The van der Waals surface area contributed by atoms with Crippen LogP contribution < -0.4 is 5.32 Å². The van der Waals surface area contributed by atoms with Crippen molar-refractivity contribution in [1.29, 1.82) is 0 Å². The maximum absolute atomic E-state index is 5.67. The molecule has 1 aromatic carbocycles. The van der Waals surface area contributed by atoms with Gasteiger partial charge in [0.05, 0.1) is 12.7 Å². The summed E-state index contributed by atoms with van der Waals surface area (Å²) in [5, 5.41) is 3.34. The van der Waals surface area contributed by atoms with Gasteiger partial charge in [0, 0.05) is 13.1 Å². The molecule has 0 aliphatic carbocycles. The molecule has 15 heavy (non-hydrogen) atoms. The van der Waals surface area contributed by atoms with Crippen LogP contribution in [0.15, 0.2) is 30.8 Å². The molecule has 1 atom stereocenters. The number of benzene rings is 1. The van der Waals surface area contributed by atoms with Gasteiger partial charge >= 0.3 is 0 Å². The molecular formula is C13H17NO. The van der Waals surface area contributed by atoms with E-state index in [-0.39, 0.29) is 0 Å². The zero-order chi connectivity index (χ0) is 10.5. The van der Waals surface area contributed by atoms with Crippen LogP contribution in [0.5, 0.6) is 0 Å². The van der Waals surface area contributed by atoms with Gasteiger partial charge < -0.3 is 10.1 Å². The Balaban J connectivity index is 1.99. The van der Waals surface area contributed by atoms with Crippen LogP contribution in [0.2, 0.25) is 0 Å². The first-order valence-electron chi connectivity index (χ1n) is 5.42. The topological polar surface area (TPSA) is 21.3 Å². The predicted molar refractivity (Wildman–Crippen MR) is 62.8 cm³/mol. The van der Waals surface area contributed by atoms with Crippen molar-refractivity contribution >= 4 is 6.08 Å². The Morgan fingerprint density at radius 1 is 1.53 bits per heavy atom. The second kappa shape index (κ2) is 5.10. The van der Waals surface area contributed by atoms with Crippen LogP contribution in [0.25, 0.3) is 6.08 Å². The largest absolute Gasteiger partial charge is 0.375 e. The molecule has 0 spiro atoms. The maximum atomic E-state index is 5.67. The fourth-order valence-electron chi connectivity index (χ4n) is 1.86. The molecule has 1 heterocycles. The molecular weight excluding hydrogens is 186 g/mol. The van der Waals surface area contributed by atoms with E-state index in [2.05, 4.69) is 36.2 Å². The Hall–Kier alpha value is -1.12. The normalized spacial score (nSPS) is 21.2. The first kappa shape index (κ1) is 10.4. The van der Waals surface area contributed by atoms with E-state index in [0.29, 0.717) is 6.10 Å². The summed E-state index contributed by atoms with van der Waals surface area (Å²) < 4.78 is 5.67. The molecule has 0 radical (unpaired) electrons. The first-order valence-corrected chi connectivity index (χ1v) is 5.42. The van der Waals surface area contributed by atoms with Crippen LogP contribution in [0.4, 0.5) is 0 Å². The molecule has 0 saturated carbocycles. The zero-order valence-electron chi connectivity index (χ0n) is 8.91. The van der Waals surface area contributed by atoms with Crippen LogP contribution in [0.3, 0.4) is 0 Å². The van der Waals surface area contributed by atoms with Crippen molar-refractivity contribution in [2.45, 2.75) is 12.5 Å². The van der Waals surface area contributed by atoms with E-state index in [0.717, 1.165) is 26.1 Å². The van der Waals surface area contributed by atoms with Crippen LogP contribution >= 0.6 is 0 Å². The predicted octanol–water partition coefficient (Wildman–Crippen LogP) is 1.86. The number of ether oxygens (including phenoxy) is 1. The van der Waals surface area contributed by atoms with Crippen molar-refractivity contribution in [3.05, 3.63) is 42.0 Å². The Morgan fingerprint density at radius 2 is 2.47 bits per heavy atom. The Morgan fingerprint density at radius 3 is 3.20 bits per heavy atom. The van der Waals surface area contributed by atoms with Gasteiger partial charge in [-0.2, -0.15) is 0 Å².